The van der Waals surface area contributed by atoms with E-state index in [-0.39, 0.29) is 18.8 Å². The monoisotopic (exact) mass is 560 g/mol. The summed E-state index contributed by atoms with van der Waals surface area (Å²) < 4.78 is 3.40. The Morgan fingerprint density at radius 2 is 0.900 bits per heavy atom. The predicted molar refractivity (Wildman–Crippen MR) is 169 cm³/mol. The maximum atomic E-state index is 13.7. The van der Waals surface area contributed by atoms with Gasteiger partial charge in [-0.1, -0.05) is 67.5 Å². The van der Waals surface area contributed by atoms with E-state index in [1.165, 1.54) is 0 Å². The molecule has 2 rings (SSSR count). The van der Waals surface area contributed by atoms with E-state index in [4.69, 9.17) is 0 Å². The van der Waals surface area contributed by atoms with Crippen molar-refractivity contribution in [2.75, 3.05) is 39.3 Å². The summed E-state index contributed by atoms with van der Waals surface area (Å²) in [7, 11) is 0. The summed E-state index contributed by atoms with van der Waals surface area (Å²) in [6.07, 6.45) is 3.06. The van der Waals surface area contributed by atoms with Gasteiger partial charge in [0.25, 0.3) is 0 Å². The SMILES string of the molecule is CC(C)CCN(CCC(C)C)CC(O)Cn1c(=O)n(CC(O)CN(CCC(C)C)CCC(C)C)c2ccccc21. The Morgan fingerprint density at radius 1 is 0.600 bits per heavy atom. The molecule has 0 fully saturated rings. The maximum Gasteiger partial charge on any atom is 0.329 e. The van der Waals surface area contributed by atoms with Crippen LogP contribution in [0.15, 0.2) is 29.1 Å². The van der Waals surface area contributed by atoms with E-state index in [1.807, 2.05) is 24.3 Å². The Kier molecular flexibility index (Phi) is 15.0. The molecule has 0 aliphatic heterocycles. The second-order valence-corrected chi connectivity index (χ2v) is 13.6. The first kappa shape index (κ1) is 34.5. The third kappa shape index (κ3) is 12.1. The van der Waals surface area contributed by atoms with Crippen LogP contribution < -0.4 is 5.69 Å². The largest absolute Gasteiger partial charge is 0.390 e. The highest BCUT2D eigenvalue weighted by Gasteiger charge is 2.21. The van der Waals surface area contributed by atoms with E-state index in [2.05, 4.69) is 65.2 Å². The molecule has 0 radical (unpaired) electrons. The lowest BCUT2D eigenvalue weighted by Gasteiger charge is -2.27. The molecule has 2 atom stereocenters. The fourth-order valence-electron chi connectivity index (χ4n) is 5.11. The number of para-hydroxylation sites is 2. The van der Waals surface area contributed by atoms with Gasteiger partial charge >= 0.3 is 5.69 Å². The van der Waals surface area contributed by atoms with Gasteiger partial charge in [0.2, 0.25) is 0 Å². The molecule has 0 amide bonds. The van der Waals surface area contributed by atoms with Crippen LogP contribution in [-0.2, 0) is 13.1 Å². The Labute approximate surface area is 244 Å². The van der Waals surface area contributed by atoms with Crippen molar-refractivity contribution >= 4 is 11.0 Å². The zero-order valence-corrected chi connectivity index (χ0v) is 26.9. The average Bonchev–Trinajstić information content (AvgIpc) is 3.12. The summed E-state index contributed by atoms with van der Waals surface area (Å²) >= 11 is 0. The quantitative estimate of drug-likeness (QED) is 0.230. The fraction of sp³-hybridized carbons (Fsp3) is 0.788. The van der Waals surface area contributed by atoms with Gasteiger partial charge in [0.15, 0.2) is 0 Å². The van der Waals surface area contributed by atoms with E-state index >= 15 is 0 Å². The van der Waals surface area contributed by atoms with Crippen molar-refractivity contribution in [2.45, 2.75) is 106 Å². The molecular formula is C33H60N4O3. The summed E-state index contributed by atoms with van der Waals surface area (Å²) in [4.78, 5) is 18.4. The number of hydrogen-bond acceptors (Lipinski definition) is 5. The number of aromatic nitrogens is 2. The van der Waals surface area contributed by atoms with Crippen molar-refractivity contribution in [2.24, 2.45) is 23.7 Å². The van der Waals surface area contributed by atoms with Crippen molar-refractivity contribution in [3.63, 3.8) is 0 Å². The van der Waals surface area contributed by atoms with Gasteiger partial charge in [-0.3, -0.25) is 9.13 Å². The molecule has 7 heteroatoms. The lowest BCUT2D eigenvalue weighted by Crippen LogP contribution is -2.40. The minimum atomic E-state index is -0.649. The summed E-state index contributed by atoms with van der Waals surface area (Å²) in [5, 5.41) is 22.3. The molecule has 2 aromatic rings. The number of benzene rings is 1. The Hall–Kier alpha value is -1.67. The zero-order chi connectivity index (χ0) is 29.8. The second-order valence-electron chi connectivity index (χ2n) is 13.6. The fourth-order valence-corrected chi connectivity index (χ4v) is 5.11. The summed E-state index contributed by atoms with van der Waals surface area (Å²) in [6.45, 7) is 23.2. The molecule has 40 heavy (non-hydrogen) atoms. The van der Waals surface area contributed by atoms with Crippen LogP contribution in [0.4, 0.5) is 0 Å². The number of aliphatic hydroxyl groups is 2. The molecule has 2 unspecified atom stereocenters. The van der Waals surface area contributed by atoms with Crippen LogP contribution >= 0.6 is 0 Å². The molecular weight excluding hydrogens is 500 g/mol. The first-order chi connectivity index (χ1) is 18.9. The van der Waals surface area contributed by atoms with Crippen LogP contribution in [0.25, 0.3) is 11.0 Å². The van der Waals surface area contributed by atoms with Crippen LogP contribution in [0.5, 0.6) is 0 Å². The van der Waals surface area contributed by atoms with Gasteiger partial charge < -0.3 is 20.0 Å². The maximum absolute atomic E-state index is 13.7. The van der Waals surface area contributed by atoms with Crippen LogP contribution in [0.1, 0.15) is 81.1 Å². The Bertz CT molecular complexity index is 924. The molecule has 230 valence electrons. The normalized spacial score (nSPS) is 14.2. The van der Waals surface area contributed by atoms with Crippen LogP contribution in [0.3, 0.4) is 0 Å². The lowest BCUT2D eigenvalue weighted by molar-refractivity contribution is 0.0891. The molecule has 0 saturated heterocycles. The highest BCUT2D eigenvalue weighted by atomic mass is 16.3. The van der Waals surface area contributed by atoms with E-state index in [1.54, 1.807) is 9.13 Å². The number of fused-ring (bicyclic) bond motifs is 1. The molecule has 0 spiro atoms. The van der Waals surface area contributed by atoms with E-state index in [0.29, 0.717) is 36.8 Å². The van der Waals surface area contributed by atoms with E-state index in [9.17, 15) is 15.0 Å². The molecule has 1 aromatic carbocycles. The number of imidazole rings is 1. The van der Waals surface area contributed by atoms with E-state index in [0.717, 1.165) is 62.9 Å². The van der Waals surface area contributed by atoms with Gasteiger partial charge in [-0.2, -0.15) is 0 Å². The zero-order valence-electron chi connectivity index (χ0n) is 26.9. The minimum Gasteiger partial charge on any atom is -0.390 e. The van der Waals surface area contributed by atoms with Crippen molar-refractivity contribution in [3.8, 4) is 0 Å². The van der Waals surface area contributed by atoms with Crippen molar-refractivity contribution in [1.82, 2.24) is 18.9 Å². The summed E-state index contributed by atoms with van der Waals surface area (Å²) in [5.74, 6) is 2.43. The summed E-state index contributed by atoms with van der Waals surface area (Å²) in [5.41, 5.74) is 1.46. The van der Waals surface area contributed by atoms with Gasteiger partial charge in [0.1, 0.15) is 0 Å². The molecule has 1 aromatic heterocycles. The van der Waals surface area contributed by atoms with Gasteiger partial charge in [-0.15, -0.1) is 0 Å². The molecule has 0 aliphatic carbocycles. The topological polar surface area (TPSA) is 73.9 Å². The molecule has 1 heterocycles. The average molecular weight is 561 g/mol. The van der Waals surface area contributed by atoms with Gasteiger partial charge in [-0.25, -0.2) is 4.79 Å². The van der Waals surface area contributed by atoms with E-state index < -0.39 is 12.2 Å². The lowest BCUT2D eigenvalue weighted by atomic mass is 10.1. The van der Waals surface area contributed by atoms with Gasteiger partial charge in [0.05, 0.1) is 36.3 Å². The van der Waals surface area contributed by atoms with Crippen LogP contribution in [-0.4, -0.2) is 80.6 Å². The van der Waals surface area contributed by atoms with Crippen molar-refractivity contribution in [3.05, 3.63) is 34.7 Å². The standard InChI is InChI=1S/C33H60N4O3/c1-25(2)13-17-34(18-14-26(3)4)21-29(38)23-36-31-11-9-10-12-32(31)37(33(36)40)24-30(39)22-35(19-15-27(5)6)20-16-28(7)8/h9-12,25-30,38-39H,13-24H2,1-8H3. The smallest absolute Gasteiger partial charge is 0.329 e. The number of nitrogens with zero attached hydrogens (tertiary/aromatic N) is 4. The first-order valence-corrected chi connectivity index (χ1v) is 15.9. The van der Waals surface area contributed by atoms with Gasteiger partial charge in [0, 0.05) is 13.1 Å². The number of rotatable bonds is 20. The second kappa shape index (κ2) is 17.3. The molecule has 7 nitrogen and oxygen atoms in total. The highest BCUT2D eigenvalue weighted by molar-refractivity contribution is 5.76. The third-order valence-corrected chi connectivity index (χ3v) is 7.74. The molecule has 0 bridgehead atoms. The Balaban J connectivity index is 2.18. The summed E-state index contributed by atoms with van der Waals surface area (Å²) in [6, 6.07) is 7.75. The van der Waals surface area contributed by atoms with Crippen LogP contribution in [0.2, 0.25) is 0 Å². The van der Waals surface area contributed by atoms with Crippen LogP contribution in [0, 0.1) is 23.7 Å². The predicted octanol–water partition coefficient (Wildman–Crippen LogP) is 5.31. The van der Waals surface area contributed by atoms with Crippen molar-refractivity contribution in [1.29, 1.82) is 0 Å². The molecule has 0 aliphatic rings. The third-order valence-electron chi connectivity index (χ3n) is 7.74. The molecule has 2 N–H and O–H groups in total. The molecule has 0 saturated carbocycles. The minimum absolute atomic E-state index is 0.161. The Morgan fingerprint density at radius 3 is 1.18 bits per heavy atom. The van der Waals surface area contributed by atoms with Crippen molar-refractivity contribution < 1.29 is 10.2 Å². The first-order valence-electron chi connectivity index (χ1n) is 15.9. The van der Waals surface area contributed by atoms with Gasteiger partial charge in [-0.05, 0) is 87.7 Å². The number of hydrogen-bond donors (Lipinski definition) is 2. The number of aliphatic hydroxyl groups excluding tert-OH is 2. The highest BCUT2D eigenvalue weighted by Crippen LogP contribution is 2.16.